The lowest BCUT2D eigenvalue weighted by atomic mass is 10.4. The number of nitrogens with one attached hydrogen (secondary N) is 2. The van der Waals surface area contributed by atoms with E-state index in [1.54, 1.807) is 0 Å². The SMILES string of the molecule is C/C=C/CCNC(=O)CNCCC. The fourth-order valence-corrected chi connectivity index (χ4v) is 0.903. The predicted octanol–water partition coefficient (Wildman–Crippen LogP) is 1.07. The van der Waals surface area contributed by atoms with Crippen LogP contribution in [0.3, 0.4) is 0 Å². The minimum Gasteiger partial charge on any atom is -0.355 e. The Morgan fingerprint density at radius 2 is 2.15 bits per heavy atom. The van der Waals surface area contributed by atoms with Crippen LogP contribution in [0.15, 0.2) is 12.2 Å². The summed E-state index contributed by atoms with van der Waals surface area (Å²) in [4.78, 5) is 11.1. The zero-order chi connectivity index (χ0) is 9.94. The highest BCUT2D eigenvalue weighted by molar-refractivity contribution is 5.77. The minimum absolute atomic E-state index is 0.0814. The van der Waals surface area contributed by atoms with Gasteiger partial charge in [0.15, 0.2) is 0 Å². The van der Waals surface area contributed by atoms with Crippen LogP contribution >= 0.6 is 0 Å². The molecule has 0 saturated carbocycles. The van der Waals surface area contributed by atoms with Gasteiger partial charge in [-0.25, -0.2) is 0 Å². The molecule has 0 bridgehead atoms. The maximum absolute atomic E-state index is 11.1. The van der Waals surface area contributed by atoms with E-state index in [2.05, 4.69) is 17.6 Å². The molecule has 0 heterocycles. The van der Waals surface area contributed by atoms with Gasteiger partial charge in [0.05, 0.1) is 6.54 Å². The molecule has 0 aliphatic rings. The summed E-state index contributed by atoms with van der Waals surface area (Å²) in [5.74, 6) is 0.0814. The van der Waals surface area contributed by atoms with Crippen LogP contribution in [0.1, 0.15) is 26.7 Å². The van der Waals surface area contributed by atoms with Crippen LogP contribution in [0.5, 0.6) is 0 Å². The Labute approximate surface area is 80.6 Å². The number of carbonyl (C=O) groups excluding carboxylic acids is 1. The summed E-state index contributed by atoms with van der Waals surface area (Å²) in [6, 6.07) is 0. The van der Waals surface area contributed by atoms with Gasteiger partial charge in [-0.2, -0.15) is 0 Å². The molecule has 76 valence electrons. The third kappa shape index (κ3) is 9.08. The van der Waals surface area contributed by atoms with Crippen LogP contribution in [0.25, 0.3) is 0 Å². The molecule has 3 nitrogen and oxygen atoms in total. The molecule has 0 aliphatic carbocycles. The van der Waals surface area contributed by atoms with E-state index in [0.29, 0.717) is 6.54 Å². The fourth-order valence-electron chi connectivity index (χ4n) is 0.903. The Balaban J connectivity index is 3.20. The van der Waals surface area contributed by atoms with E-state index >= 15 is 0 Å². The molecule has 0 aliphatic heterocycles. The number of hydrogen-bond acceptors (Lipinski definition) is 2. The van der Waals surface area contributed by atoms with Crippen molar-refractivity contribution in [2.75, 3.05) is 19.6 Å². The van der Waals surface area contributed by atoms with Crippen molar-refractivity contribution in [3.8, 4) is 0 Å². The van der Waals surface area contributed by atoms with Gasteiger partial charge in [0.25, 0.3) is 0 Å². The monoisotopic (exact) mass is 184 g/mol. The highest BCUT2D eigenvalue weighted by atomic mass is 16.1. The summed E-state index contributed by atoms with van der Waals surface area (Å²) in [7, 11) is 0. The van der Waals surface area contributed by atoms with Crippen LogP contribution in [0, 0.1) is 0 Å². The molecule has 3 heteroatoms. The first kappa shape index (κ1) is 12.2. The van der Waals surface area contributed by atoms with Crippen LogP contribution < -0.4 is 10.6 Å². The van der Waals surface area contributed by atoms with Gasteiger partial charge in [-0.05, 0) is 26.3 Å². The first-order valence-corrected chi connectivity index (χ1v) is 4.89. The lowest BCUT2D eigenvalue weighted by molar-refractivity contribution is -0.120. The molecule has 0 fully saturated rings. The Morgan fingerprint density at radius 1 is 1.38 bits per heavy atom. The number of carbonyl (C=O) groups is 1. The van der Waals surface area contributed by atoms with Gasteiger partial charge < -0.3 is 10.6 Å². The maximum Gasteiger partial charge on any atom is 0.233 e. The standard InChI is InChI=1S/C10H20N2O/c1-3-5-6-8-12-10(13)9-11-7-4-2/h3,5,11H,4,6-9H2,1-2H3,(H,12,13)/b5-3+. The third-order valence-electron chi connectivity index (χ3n) is 1.58. The largest absolute Gasteiger partial charge is 0.355 e. The molecule has 0 aromatic heterocycles. The van der Waals surface area contributed by atoms with Gasteiger partial charge >= 0.3 is 0 Å². The van der Waals surface area contributed by atoms with E-state index in [1.165, 1.54) is 0 Å². The van der Waals surface area contributed by atoms with E-state index in [9.17, 15) is 4.79 Å². The zero-order valence-electron chi connectivity index (χ0n) is 8.60. The summed E-state index contributed by atoms with van der Waals surface area (Å²) in [6.45, 7) is 6.13. The highest BCUT2D eigenvalue weighted by Crippen LogP contribution is 1.79. The maximum atomic E-state index is 11.1. The second kappa shape index (κ2) is 9.26. The van der Waals surface area contributed by atoms with E-state index in [1.807, 2.05) is 19.1 Å². The quantitative estimate of drug-likeness (QED) is 0.459. The molecule has 13 heavy (non-hydrogen) atoms. The summed E-state index contributed by atoms with van der Waals surface area (Å²) < 4.78 is 0. The number of amides is 1. The number of rotatable bonds is 7. The Kier molecular flexibility index (Phi) is 8.67. The molecule has 0 spiro atoms. The first-order chi connectivity index (χ1) is 6.31. The van der Waals surface area contributed by atoms with E-state index in [0.717, 1.165) is 25.9 Å². The average Bonchev–Trinajstić information content (AvgIpc) is 2.13. The summed E-state index contributed by atoms with van der Waals surface area (Å²) in [5, 5.41) is 5.87. The highest BCUT2D eigenvalue weighted by Gasteiger charge is 1.96. The molecule has 0 saturated heterocycles. The number of hydrogen-bond donors (Lipinski definition) is 2. The molecule has 0 unspecified atom stereocenters. The van der Waals surface area contributed by atoms with Gasteiger partial charge in [-0.3, -0.25) is 4.79 Å². The van der Waals surface area contributed by atoms with Crippen molar-refractivity contribution in [2.45, 2.75) is 26.7 Å². The molecular weight excluding hydrogens is 164 g/mol. The second-order valence-corrected chi connectivity index (χ2v) is 2.88. The lowest BCUT2D eigenvalue weighted by Crippen LogP contribution is -2.34. The first-order valence-electron chi connectivity index (χ1n) is 4.89. The molecule has 0 aromatic rings. The van der Waals surface area contributed by atoms with Crippen molar-refractivity contribution >= 4 is 5.91 Å². The summed E-state index contributed by atoms with van der Waals surface area (Å²) in [6.07, 6.45) is 6.00. The van der Waals surface area contributed by atoms with E-state index < -0.39 is 0 Å². The summed E-state index contributed by atoms with van der Waals surface area (Å²) in [5.41, 5.74) is 0. The predicted molar refractivity (Wildman–Crippen MR) is 55.6 cm³/mol. The fraction of sp³-hybridized carbons (Fsp3) is 0.700. The normalized spacial score (nSPS) is 10.6. The van der Waals surface area contributed by atoms with Crippen molar-refractivity contribution in [3.63, 3.8) is 0 Å². The van der Waals surface area contributed by atoms with Crippen molar-refractivity contribution in [2.24, 2.45) is 0 Å². The van der Waals surface area contributed by atoms with Gasteiger partial charge in [0, 0.05) is 6.54 Å². The molecule has 2 N–H and O–H groups in total. The van der Waals surface area contributed by atoms with Crippen LogP contribution in [-0.4, -0.2) is 25.5 Å². The number of allylic oxidation sites excluding steroid dienone is 1. The lowest BCUT2D eigenvalue weighted by Gasteiger charge is -2.03. The molecule has 0 rings (SSSR count). The molecule has 1 amide bonds. The van der Waals surface area contributed by atoms with Gasteiger partial charge in [0.2, 0.25) is 5.91 Å². The van der Waals surface area contributed by atoms with Crippen LogP contribution in [0.4, 0.5) is 0 Å². The average molecular weight is 184 g/mol. The Bertz CT molecular complexity index is 155. The van der Waals surface area contributed by atoms with Gasteiger partial charge in [-0.1, -0.05) is 19.1 Å². The smallest absolute Gasteiger partial charge is 0.233 e. The Hall–Kier alpha value is -0.830. The van der Waals surface area contributed by atoms with E-state index in [-0.39, 0.29) is 5.91 Å². The molecule has 0 radical (unpaired) electrons. The second-order valence-electron chi connectivity index (χ2n) is 2.88. The third-order valence-corrected chi connectivity index (χ3v) is 1.58. The summed E-state index contributed by atoms with van der Waals surface area (Å²) >= 11 is 0. The van der Waals surface area contributed by atoms with Gasteiger partial charge in [0.1, 0.15) is 0 Å². The van der Waals surface area contributed by atoms with Gasteiger partial charge in [-0.15, -0.1) is 0 Å². The minimum atomic E-state index is 0.0814. The van der Waals surface area contributed by atoms with Crippen molar-refractivity contribution in [3.05, 3.63) is 12.2 Å². The Morgan fingerprint density at radius 3 is 2.77 bits per heavy atom. The topological polar surface area (TPSA) is 41.1 Å². The van der Waals surface area contributed by atoms with Crippen molar-refractivity contribution < 1.29 is 4.79 Å². The molecule has 0 atom stereocenters. The van der Waals surface area contributed by atoms with Crippen LogP contribution in [-0.2, 0) is 4.79 Å². The van der Waals surface area contributed by atoms with Crippen LogP contribution in [0.2, 0.25) is 0 Å². The van der Waals surface area contributed by atoms with Crippen molar-refractivity contribution in [1.29, 1.82) is 0 Å². The zero-order valence-corrected chi connectivity index (χ0v) is 8.60. The van der Waals surface area contributed by atoms with Crippen molar-refractivity contribution in [1.82, 2.24) is 10.6 Å². The van der Waals surface area contributed by atoms with E-state index in [4.69, 9.17) is 0 Å². The molecular formula is C10H20N2O. The molecule has 0 aromatic carbocycles.